The molecule has 0 aromatic heterocycles. The Kier molecular flexibility index (Phi) is 5.53. The molecule has 0 aliphatic heterocycles. The molecule has 0 fully saturated rings. The van der Waals surface area contributed by atoms with Crippen molar-refractivity contribution in [2.24, 2.45) is 0 Å². The number of hydrogen-bond donors (Lipinski definition) is 0. The smallest absolute Gasteiger partial charge is 0.446 e. The maximum Gasteiger partial charge on any atom is 0.446 e. The molecule has 0 heterocycles. The molecule has 0 bridgehead atoms. The van der Waals surface area contributed by atoms with Crippen LogP contribution in [0.25, 0.3) is 0 Å². The molecule has 0 radical (unpaired) electrons. The Morgan fingerprint density at radius 2 is 1.89 bits per heavy atom. The number of halogens is 3. The van der Waals surface area contributed by atoms with Crippen LogP contribution in [0.4, 0.5) is 13.2 Å². The number of carbonyl (C=O) groups is 1. The Labute approximate surface area is 108 Å². The number of esters is 1. The summed E-state index contributed by atoms with van der Waals surface area (Å²) in [5.74, 6) is -0.368. The normalized spacial score (nSPS) is 11.3. The number of rotatable bonds is 5. The molecule has 0 aliphatic carbocycles. The first-order valence-electron chi connectivity index (χ1n) is 5.41. The van der Waals surface area contributed by atoms with Crippen molar-refractivity contribution in [3.8, 4) is 0 Å². The molecule has 0 spiro atoms. The Hall–Kier alpha value is -1.17. The van der Waals surface area contributed by atoms with Gasteiger partial charge >= 0.3 is 11.5 Å². The SMILES string of the molecule is CCCOC(=O)Cc1ccc(SC(F)(F)F)cc1. The van der Waals surface area contributed by atoms with E-state index in [-0.39, 0.29) is 29.0 Å². The van der Waals surface area contributed by atoms with E-state index in [1.807, 2.05) is 6.92 Å². The summed E-state index contributed by atoms with van der Waals surface area (Å²) in [6, 6.07) is 5.70. The Morgan fingerprint density at radius 1 is 1.28 bits per heavy atom. The predicted molar refractivity (Wildman–Crippen MR) is 63.3 cm³/mol. The van der Waals surface area contributed by atoms with Crippen molar-refractivity contribution in [3.05, 3.63) is 29.8 Å². The number of alkyl halides is 3. The second kappa shape index (κ2) is 6.68. The highest BCUT2D eigenvalue weighted by atomic mass is 32.2. The second-order valence-electron chi connectivity index (χ2n) is 3.59. The standard InChI is InChI=1S/C12H13F3O2S/c1-2-7-17-11(16)8-9-3-5-10(6-4-9)18-12(13,14)15/h3-6H,2,7-8H2,1H3. The van der Waals surface area contributed by atoms with Crippen molar-refractivity contribution in [1.29, 1.82) is 0 Å². The molecule has 1 aromatic carbocycles. The first kappa shape index (κ1) is 14.9. The molecule has 1 rings (SSSR count). The third kappa shape index (κ3) is 5.95. The van der Waals surface area contributed by atoms with E-state index in [1.54, 1.807) is 0 Å². The lowest BCUT2D eigenvalue weighted by Crippen LogP contribution is -2.08. The summed E-state index contributed by atoms with van der Waals surface area (Å²) in [6.45, 7) is 2.25. The Bertz CT molecular complexity index is 387. The fraction of sp³-hybridized carbons (Fsp3) is 0.417. The largest absolute Gasteiger partial charge is 0.465 e. The average molecular weight is 278 g/mol. The van der Waals surface area contributed by atoms with Crippen molar-refractivity contribution in [3.63, 3.8) is 0 Å². The van der Waals surface area contributed by atoms with Crippen LogP contribution in [-0.4, -0.2) is 18.1 Å². The zero-order chi connectivity index (χ0) is 13.6. The lowest BCUT2D eigenvalue weighted by molar-refractivity contribution is -0.142. The van der Waals surface area contributed by atoms with Gasteiger partial charge in [0.2, 0.25) is 0 Å². The van der Waals surface area contributed by atoms with Gasteiger partial charge < -0.3 is 4.74 Å². The maximum atomic E-state index is 12.1. The summed E-state index contributed by atoms with van der Waals surface area (Å²) >= 11 is -0.174. The van der Waals surface area contributed by atoms with Gasteiger partial charge in [0, 0.05) is 4.90 Å². The van der Waals surface area contributed by atoms with Gasteiger partial charge in [-0.1, -0.05) is 19.1 Å². The van der Waals surface area contributed by atoms with E-state index in [2.05, 4.69) is 0 Å². The zero-order valence-electron chi connectivity index (χ0n) is 9.79. The van der Waals surface area contributed by atoms with Crippen LogP contribution in [0, 0.1) is 0 Å². The quantitative estimate of drug-likeness (QED) is 0.605. The molecule has 0 saturated carbocycles. The van der Waals surface area contributed by atoms with Gasteiger partial charge in [-0.15, -0.1) is 0 Å². The fourth-order valence-electron chi connectivity index (χ4n) is 1.24. The van der Waals surface area contributed by atoms with E-state index in [9.17, 15) is 18.0 Å². The summed E-state index contributed by atoms with van der Waals surface area (Å²) < 4.78 is 41.1. The van der Waals surface area contributed by atoms with Crippen molar-refractivity contribution in [2.45, 2.75) is 30.2 Å². The van der Waals surface area contributed by atoms with Crippen molar-refractivity contribution in [2.75, 3.05) is 6.61 Å². The summed E-state index contributed by atoms with van der Waals surface area (Å²) in [6.07, 6.45) is 0.823. The highest BCUT2D eigenvalue weighted by Gasteiger charge is 2.28. The van der Waals surface area contributed by atoms with Crippen LogP contribution in [-0.2, 0) is 16.0 Å². The second-order valence-corrected chi connectivity index (χ2v) is 4.73. The predicted octanol–water partition coefficient (Wildman–Crippen LogP) is 3.79. The zero-order valence-corrected chi connectivity index (χ0v) is 10.6. The number of hydrogen-bond acceptors (Lipinski definition) is 3. The molecule has 0 atom stereocenters. The van der Waals surface area contributed by atoms with Gasteiger partial charge in [-0.05, 0) is 35.9 Å². The van der Waals surface area contributed by atoms with Gasteiger partial charge in [0.05, 0.1) is 13.0 Å². The molecular formula is C12H13F3O2S. The third-order valence-corrected chi connectivity index (χ3v) is 2.71. The van der Waals surface area contributed by atoms with Crippen LogP contribution in [0.2, 0.25) is 0 Å². The van der Waals surface area contributed by atoms with Gasteiger partial charge in [-0.2, -0.15) is 13.2 Å². The number of ether oxygens (including phenoxy) is 1. The molecule has 0 amide bonds. The molecule has 100 valence electrons. The van der Waals surface area contributed by atoms with Gasteiger partial charge in [0.15, 0.2) is 0 Å². The molecule has 18 heavy (non-hydrogen) atoms. The third-order valence-electron chi connectivity index (χ3n) is 1.97. The molecule has 0 saturated heterocycles. The highest BCUT2D eigenvalue weighted by molar-refractivity contribution is 8.00. The lowest BCUT2D eigenvalue weighted by Gasteiger charge is -2.06. The van der Waals surface area contributed by atoms with Crippen molar-refractivity contribution in [1.82, 2.24) is 0 Å². The van der Waals surface area contributed by atoms with Crippen LogP contribution in [0.3, 0.4) is 0 Å². The van der Waals surface area contributed by atoms with Crippen LogP contribution in [0.1, 0.15) is 18.9 Å². The topological polar surface area (TPSA) is 26.3 Å². The summed E-state index contributed by atoms with van der Waals surface area (Å²) in [7, 11) is 0. The van der Waals surface area contributed by atoms with E-state index < -0.39 is 5.51 Å². The molecular weight excluding hydrogens is 265 g/mol. The molecule has 0 aliphatic rings. The monoisotopic (exact) mass is 278 g/mol. The highest BCUT2D eigenvalue weighted by Crippen LogP contribution is 2.36. The molecule has 6 heteroatoms. The summed E-state index contributed by atoms with van der Waals surface area (Å²) in [5.41, 5.74) is -3.65. The van der Waals surface area contributed by atoms with E-state index in [4.69, 9.17) is 4.74 Å². The van der Waals surface area contributed by atoms with Crippen LogP contribution >= 0.6 is 11.8 Å². The molecule has 1 aromatic rings. The van der Waals surface area contributed by atoms with Crippen molar-refractivity contribution >= 4 is 17.7 Å². The lowest BCUT2D eigenvalue weighted by atomic mass is 10.1. The van der Waals surface area contributed by atoms with Crippen LogP contribution < -0.4 is 0 Å². The van der Waals surface area contributed by atoms with Crippen LogP contribution in [0.15, 0.2) is 29.2 Å². The fourth-order valence-corrected chi connectivity index (χ4v) is 1.78. The first-order valence-corrected chi connectivity index (χ1v) is 6.22. The van der Waals surface area contributed by atoms with Gasteiger partial charge in [0.1, 0.15) is 0 Å². The van der Waals surface area contributed by atoms with E-state index in [0.717, 1.165) is 6.42 Å². The molecule has 0 N–H and O–H groups in total. The number of thioether (sulfide) groups is 1. The summed E-state index contributed by atoms with van der Waals surface area (Å²) in [5, 5.41) is 0. The minimum Gasteiger partial charge on any atom is -0.465 e. The van der Waals surface area contributed by atoms with E-state index in [1.165, 1.54) is 24.3 Å². The maximum absolute atomic E-state index is 12.1. The van der Waals surface area contributed by atoms with E-state index in [0.29, 0.717) is 12.2 Å². The van der Waals surface area contributed by atoms with Gasteiger partial charge in [-0.3, -0.25) is 4.79 Å². The minimum atomic E-state index is -4.29. The number of carbonyl (C=O) groups excluding carboxylic acids is 1. The first-order chi connectivity index (χ1) is 8.40. The Morgan fingerprint density at radius 3 is 2.39 bits per heavy atom. The number of benzene rings is 1. The summed E-state index contributed by atoms with van der Waals surface area (Å²) in [4.78, 5) is 11.4. The molecule has 0 unspecified atom stereocenters. The van der Waals surface area contributed by atoms with Gasteiger partial charge in [-0.25, -0.2) is 0 Å². The minimum absolute atomic E-state index is 0.0803. The van der Waals surface area contributed by atoms with Crippen LogP contribution in [0.5, 0.6) is 0 Å². The average Bonchev–Trinajstić information content (AvgIpc) is 2.27. The molecule has 2 nitrogen and oxygen atoms in total. The van der Waals surface area contributed by atoms with Crippen molar-refractivity contribution < 1.29 is 22.7 Å². The van der Waals surface area contributed by atoms with E-state index >= 15 is 0 Å². The van der Waals surface area contributed by atoms with Gasteiger partial charge in [0.25, 0.3) is 0 Å². The Balaban J connectivity index is 2.52.